The highest BCUT2D eigenvalue weighted by atomic mass is 16.6. The molecule has 1 aromatic carbocycles. The van der Waals surface area contributed by atoms with Crippen molar-refractivity contribution in [2.75, 3.05) is 32.8 Å². The van der Waals surface area contributed by atoms with Crippen molar-refractivity contribution in [1.82, 2.24) is 15.3 Å². The first-order chi connectivity index (χ1) is 11.0. The molecule has 124 valence electrons. The molecule has 0 spiro atoms. The lowest BCUT2D eigenvalue weighted by Gasteiger charge is -2.33. The lowest BCUT2D eigenvalue weighted by Crippen LogP contribution is -2.54. The van der Waals surface area contributed by atoms with E-state index in [1.165, 1.54) is 24.3 Å². The Kier molecular flexibility index (Phi) is 5.53. The Hall–Kier alpha value is -2.61. The number of benzene rings is 1. The zero-order valence-electron chi connectivity index (χ0n) is 12.8. The molecule has 1 heterocycles. The summed E-state index contributed by atoms with van der Waals surface area (Å²) in [6.07, 6.45) is -0.345. The van der Waals surface area contributed by atoms with Crippen LogP contribution in [0.1, 0.15) is 27.6 Å². The summed E-state index contributed by atoms with van der Waals surface area (Å²) in [7, 11) is 0. The molecule has 2 N–H and O–H groups in total. The minimum atomic E-state index is -1.04. The van der Waals surface area contributed by atoms with Crippen molar-refractivity contribution in [3.8, 4) is 0 Å². The summed E-state index contributed by atoms with van der Waals surface area (Å²) in [4.78, 5) is 36.1. The Balaban J connectivity index is 1.85. The van der Waals surface area contributed by atoms with Crippen LogP contribution in [0.15, 0.2) is 24.3 Å². The van der Waals surface area contributed by atoms with Crippen LogP contribution in [0.2, 0.25) is 0 Å². The number of hydrogen-bond donors (Lipinski definition) is 2. The normalized spacial score (nSPS) is 15.1. The highest BCUT2D eigenvalue weighted by Crippen LogP contribution is 2.06. The van der Waals surface area contributed by atoms with Gasteiger partial charge in [0, 0.05) is 31.7 Å². The summed E-state index contributed by atoms with van der Waals surface area (Å²) >= 11 is 0. The van der Waals surface area contributed by atoms with Crippen LogP contribution in [0.5, 0.6) is 0 Å². The maximum atomic E-state index is 12.1. The van der Waals surface area contributed by atoms with Gasteiger partial charge in [-0.1, -0.05) is 0 Å². The first kappa shape index (κ1) is 16.8. The van der Waals surface area contributed by atoms with Gasteiger partial charge in [0.1, 0.15) is 0 Å². The summed E-state index contributed by atoms with van der Waals surface area (Å²) in [6, 6.07) is 5.70. The van der Waals surface area contributed by atoms with E-state index in [4.69, 9.17) is 9.84 Å². The van der Waals surface area contributed by atoms with E-state index in [1.807, 2.05) is 0 Å². The Bertz CT molecular complexity index is 579. The molecule has 8 nitrogen and oxygen atoms in total. The summed E-state index contributed by atoms with van der Waals surface area (Å²) in [5.74, 6) is -1.35. The number of rotatable bonds is 4. The van der Waals surface area contributed by atoms with Gasteiger partial charge in [0.2, 0.25) is 0 Å². The largest absolute Gasteiger partial charge is 0.478 e. The molecule has 0 saturated carbocycles. The third-order valence-corrected chi connectivity index (χ3v) is 3.46. The van der Waals surface area contributed by atoms with Gasteiger partial charge in [0.15, 0.2) is 0 Å². The molecule has 0 aliphatic carbocycles. The van der Waals surface area contributed by atoms with Crippen LogP contribution in [0.25, 0.3) is 0 Å². The molecule has 1 aromatic rings. The zero-order chi connectivity index (χ0) is 16.8. The van der Waals surface area contributed by atoms with E-state index in [0.29, 0.717) is 38.3 Å². The summed E-state index contributed by atoms with van der Waals surface area (Å²) < 4.78 is 4.93. The molecule has 2 rings (SSSR count). The van der Waals surface area contributed by atoms with Gasteiger partial charge < -0.3 is 14.7 Å². The molecule has 1 saturated heterocycles. The van der Waals surface area contributed by atoms with E-state index in [2.05, 4.69) is 5.43 Å². The number of nitrogens with zero attached hydrogens (tertiary/aromatic N) is 2. The highest BCUT2D eigenvalue weighted by Gasteiger charge is 2.23. The molecule has 2 amide bonds. The highest BCUT2D eigenvalue weighted by molar-refractivity contribution is 5.95. The van der Waals surface area contributed by atoms with Crippen LogP contribution in [0, 0.1) is 0 Å². The second-order valence-corrected chi connectivity index (χ2v) is 5.00. The number of ether oxygens (including phenoxy) is 1. The average molecular weight is 321 g/mol. The number of nitrogens with one attached hydrogen (secondary N) is 1. The molecule has 8 heteroatoms. The van der Waals surface area contributed by atoms with Gasteiger partial charge in [0.05, 0.1) is 12.2 Å². The van der Waals surface area contributed by atoms with Gasteiger partial charge >= 0.3 is 12.1 Å². The fraction of sp³-hybridized carbons (Fsp3) is 0.400. The number of hydrogen-bond acceptors (Lipinski definition) is 5. The number of carbonyl (C=O) groups excluding carboxylic acids is 2. The van der Waals surface area contributed by atoms with E-state index >= 15 is 0 Å². The molecule has 1 fully saturated rings. The van der Waals surface area contributed by atoms with Crippen molar-refractivity contribution in [2.45, 2.75) is 6.92 Å². The standard InChI is InChI=1S/C15H19N3O5/c1-2-23-15(22)17-7-9-18(10-8-17)16-13(19)11-3-5-12(6-4-11)14(20)21/h3-6H,2,7-10H2,1H3,(H,16,19)(H,20,21). The molecule has 0 unspecified atom stereocenters. The lowest BCUT2D eigenvalue weighted by atomic mass is 10.1. The van der Waals surface area contributed by atoms with Crippen LogP contribution >= 0.6 is 0 Å². The first-order valence-electron chi connectivity index (χ1n) is 7.32. The second kappa shape index (κ2) is 7.59. The van der Waals surface area contributed by atoms with Crippen LogP contribution < -0.4 is 5.43 Å². The minimum absolute atomic E-state index is 0.129. The number of aromatic carboxylic acids is 1. The van der Waals surface area contributed by atoms with Crippen molar-refractivity contribution in [1.29, 1.82) is 0 Å². The fourth-order valence-corrected chi connectivity index (χ4v) is 2.19. The molecule has 1 aliphatic heterocycles. The van der Waals surface area contributed by atoms with Gasteiger partial charge in [0.25, 0.3) is 5.91 Å². The predicted octanol–water partition coefficient (Wildman–Crippen LogP) is 0.804. The van der Waals surface area contributed by atoms with Crippen molar-refractivity contribution in [2.24, 2.45) is 0 Å². The monoisotopic (exact) mass is 321 g/mol. The molecule has 0 aromatic heterocycles. The Morgan fingerprint density at radius 1 is 1.09 bits per heavy atom. The number of amides is 2. The quantitative estimate of drug-likeness (QED) is 0.851. The van der Waals surface area contributed by atoms with Crippen LogP contribution in [0.3, 0.4) is 0 Å². The molecule has 0 bridgehead atoms. The number of carbonyl (C=O) groups is 3. The molecule has 0 atom stereocenters. The van der Waals surface area contributed by atoms with Crippen LogP contribution in [-0.4, -0.2) is 65.8 Å². The maximum absolute atomic E-state index is 12.1. The van der Waals surface area contributed by atoms with Crippen molar-refractivity contribution in [3.63, 3.8) is 0 Å². The number of carboxylic acid groups (broad SMARTS) is 1. The van der Waals surface area contributed by atoms with Crippen molar-refractivity contribution >= 4 is 18.0 Å². The lowest BCUT2D eigenvalue weighted by molar-refractivity contribution is 0.0536. The first-order valence-corrected chi connectivity index (χ1v) is 7.32. The topological polar surface area (TPSA) is 99.2 Å². The van der Waals surface area contributed by atoms with E-state index in [0.717, 1.165) is 0 Å². The molecule has 23 heavy (non-hydrogen) atoms. The van der Waals surface area contributed by atoms with Gasteiger partial charge in [-0.3, -0.25) is 10.2 Å². The van der Waals surface area contributed by atoms with Gasteiger partial charge in [-0.05, 0) is 31.2 Å². The molecule has 0 radical (unpaired) electrons. The van der Waals surface area contributed by atoms with Gasteiger partial charge in [-0.2, -0.15) is 0 Å². The summed E-state index contributed by atoms with van der Waals surface area (Å²) in [6.45, 7) is 4.02. The van der Waals surface area contributed by atoms with Crippen molar-refractivity contribution in [3.05, 3.63) is 35.4 Å². The average Bonchev–Trinajstić information content (AvgIpc) is 2.55. The predicted molar refractivity (Wildman–Crippen MR) is 81.0 cm³/mol. The molecular formula is C15H19N3O5. The zero-order valence-corrected chi connectivity index (χ0v) is 12.8. The van der Waals surface area contributed by atoms with E-state index in [-0.39, 0.29) is 17.6 Å². The molecule has 1 aliphatic rings. The van der Waals surface area contributed by atoms with E-state index in [1.54, 1.807) is 16.8 Å². The van der Waals surface area contributed by atoms with E-state index < -0.39 is 5.97 Å². The Morgan fingerprint density at radius 2 is 1.65 bits per heavy atom. The SMILES string of the molecule is CCOC(=O)N1CCN(NC(=O)c2ccc(C(=O)O)cc2)CC1. The summed E-state index contributed by atoms with van der Waals surface area (Å²) in [5.41, 5.74) is 3.25. The van der Waals surface area contributed by atoms with Crippen molar-refractivity contribution < 1.29 is 24.2 Å². The Labute approximate surface area is 133 Å². The maximum Gasteiger partial charge on any atom is 0.409 e. The minimum Gasteiger partial charge on any atom is -0.478 e. The number of hydrazine groups is 1. The van der Waals surface area contributed by atoms with Gasteiger partial charge in [-0.25, -0.2) is 14.6 Å². The summed E-state index contributed by atoms with van der Waals surface area (Å²) in [5, 5.41) is 10.6. The van der Waals surface area contributed by atoms with Gasteiger partial charge in [-0.15, -0.1) is 0 Å². The van der Waals surface area contributed by atoms with Crippen LogP contribution in [-0.2, 0) is 4.74 Å². The van der Waals surface area contributed by atoms with E-state index in [9.17, 15) is 14.4 Å². The second-order valence-electron chi connectivity index (χ2n) is 5.00. The van der Waals surface area contributed by atoms with Crippen LogP contribution in [0.4, 0.5) is 4.79 Å². The third-order valence-electron chi connectivity index (χ3n) is 3.46. The third kappa shape index (κ3) is 4.43. The smallest absolute Gasteiger partial charge is 0.409 e. The number of piperazine rings is 1. The number of carboxylic acids is 1. The fourth-order valence-electron chi connectivity index (χ4n) is 2.19. The Morgan fingerprint density at radius 3 is 2.17 bits per heavy atom. The molecular weight excluding hydrogens is 302 g/mol.